The van der Waals surface area contributed by atoms with Gasteiger partial charge in [0.15, 0.2) is 11.5 Å². The molecule has 17 heavy (non-hydrogen) atoms. The molecule has 5 heteroatoms. The number of alkyl halides is 2. The minimum absolute atomic E-state index is 0.0977. The quantitative estimate of drug-likeness (QED) is 0.805. The molecule has 0 saturated carbocycles. The van der Waals surface area contributed by atoms with Crippen molar-refractivity contribution < 1.29 is 23.4 Å². The highest BCUT2D eigenvalue weighted by molar-refractivity contribution is 5.43. The van der Waals surface area contributed by atoms with Crippen LogP contribution < -0.4 is 9.47 Å². The molecule has 0 aromatic heterocycles. The summed E-state index contributed by atoms with van der Waals surface area (Å²) in [6.45, 7) is -2.95. The Morgan fingerprint density at radius 3 is 2.65 bits per heavy atom. The van der Waals surface area contributed by atoms with Gasteiger partial charge in [-0.1, -0.05) is 6.07 Å². The van der Waals surface area contributed by atoms with Gasteiger partial charge in [0, 0.05) is 6.42 Å². The van der Waals surface area contributed by atoms with Crippen molar-refractivity contribution in [2.75, 3.05) is 7.11 Å². The summed E-state index contributed by atoms with van der Waals surface area (Å²) in [5, 5.41) is 9.62. The standard InChI is InChI=1S/C12H12F2O3/c1-3-4-9(15)8-5-6-10(16-2)11(7-8)17-12(13)14/h1,5-7,9,12,15H,4H2,2H3. The third kappa shape index (κ3) is 3.61. The average Bonchev–Trinajstić information content (AvgIpc) is 2.28. The van der Waals surface area contributed by atoms with Crippen molar-refractivity contribution in [3.05, 3.63) is 23.8 Å². The molecule has 0 aliphatic heterocycles. The van der Waals surface area contributed by atoms with Crippen LogP contribution in [-0.2, 0) is 0 Å². The highest BCUT2D eigenvalue weighted by Crippen LogP contribution is 2.32. The third-order valence-corrected chi connectivity index (χ3v) is 2.10. The SMILES string of the molecule is C#CCC(O)c1ccc(OC)c(OC(F)F)c1. The van der Waals surface area contributed by atoms with E-state index in [1.165, 1.54) is 19.2 Å². The first-order valence-electron chi connectivity index (χ1n) is 4.82. The molecule has 92 valence electrons. The summed E-state index contributed by atoms with van der Waals surface area (Å²) in [6.07, 6.45) is 4.24. The van der Waals surface area contributed by atoms with E-state index in [4.69, 9.17) is 11.2 Å². The number of hydrogen-bond acceptors (Lipinski definition) is 3. The molecule has 1 N–H and O–H groups in total. The van der Waals surface area contributed by atoms with E-state index in [1.54, 1.807) is 6.07 Å². The Bertz CT molecular complexity index is 413. The smallest absolute Gasteiger partial charge is 0.387 e. The lowest BCUT2D eigenvalue weighted by Gasteiger charge is -2.13. The van der Waals surface area contributed by atoms with Gasteiger partial charge in [-0.25, -0.2) is 0 Å². The Balaban J connectivity index is 3.00. The Hall–Kier alpha value is -1.80. The van der Waals surface area contributed by atoms with Crippen molar-refractivity contribution in [1.29, 1.82) is 0 Å². The summed E-state index contributed by atoms with van der Waals surface area (Å²) in [7, 11) is 1.34. The monoisotopic (exact) mass is 242 g/mol. The van der Waals surface area contributed by atoms with E-state index in [0.717, 1.165) is 0 Å². The third-order valence-electron chi connectivity index (χ3n) is 2.10. The van der Waals surface area contributed by atoms with E-state index < -0.39 is 12.7 Å². The number of benzene rings is 1. The maximum Gasteiger partial charge on any atom is 0.387 e. The van der Waals surface area contributed by atoms with E-state index in [9.17, 15) is 13.9 Å². The number of ether oxygens (including phenoxy) is 2. The second kappa shape index (κ2) is 6.06. The Kier molecular flexibility index (Phi) is 4.73. The topological polar surface area (TPSA) is 38.7 Å². The Morgan fingerprint density at radius 2 is 2.12 bits per heavy atom. The van der Waals surface area contributed by atoms with Crippen LogP contribution in [0.25, 0.3) is 0 Å². The van der Waals surface area contributed by atoms with Gasteiger partial charge in [0.05, 0.1) is 13.2 Å². The number of halogens is 2. The van der Waals surface area contributed by atoms with Crippen LogP contribution in [0.5, 0.6) is 11.5 Å². The van der Waals surface area contributed by atoms with E-state index in [1.807, 2.05) is 0 Å². The zero-order valence-electron chi connectivity index (χ0n) is 9.19. The number of methoxy groups -OCH3 is 1. The van der Waals surface area contributed by atoms with Crippen LogP contribution in [0.2, 0.25) is 0 Å². The fourth-order valence-corrected chi connectivity index (χ4v) is 1.32. The van der Waals surface area contributed by atoms with Crippen molar-refractivity contribution in [2.24, 2.45) is 0 Å². The molecule has 1 aromatic rings. The highest BCUT2D eigenvalue weighted by atomic mass is 19.3. The molecule has 0 amide bonds. The van der Waals surface area contributed by atoms with E-state index >= 15 is 0 Å². The van der Waals surface area contributed by atoms with Crippen molar-refractivity contribution in [3.63, 3.8) is 0 Å². The van der Waals surface area contributed by atoms with Crippen molar-refractivity contribution in [2.45, 2.75) is 19.1 Å². The zero-order valence-corrected chi connectivity index (χ0v) is 9.19. The summed E-state index contributed by atoms with van der Waals surface area (Å²) in [4.78, 5) is 0. The first kappa shape index (κ1) is 13.3. The summed E-state index contributed by atoms with van der Waals surface area (Å²) in [6, 6.07) is 4.26. The maximum absolute atomic E-state index is 12.1. The molecule has 0 fully saturated rings. The number of rotatable bonds is 5. The van der Waals surface area contributed by atoms with Crippen molar-refractivity contribution in [1.82, 2.24) is 0 Å². The number of terminal acetylenes is 1. The zero-order chi connectivity index (χ0) is 12.8. The van der Waals surface area contributed by atoms with Gasteiger partial charge in [-0.05, 0) is 17.7 Å². The molecular weight excluding hydrogens is 230 g/mol. The van der Waals surface area contributed by atoms with E-state index in [2.05, 4.69) is 10.7 Å². The number of aliphatic hydroxyl groups excluding tert-OH is 1. The van der Waals surface area contributed by atoms with Crippen LogP contribution in [0.3, 0.4) is 0 Å². The molecular formula is C12H12F2O3. The van der Waals surface area contributed by atoms with Crippen LogP contribution >= 0.6 is 0 Å². The summed E-state index contributed by atoms with van der Waals surface area (Å²) in [5.74, 6) is 2.32. The Labute approximate surface area is 98.0 Å². The van der Waals surface area contributed by atoms with Gasteiger partial charge in [-0.3, -0.25) is 0 Å². The fraction of sp³-hybridized carbons (Fsp3) is 0.333. The minimum Gasteiger partial charge on any atom is -0.493 e. The molecule has 0 aliphatic carbocycles. The van der Waals surface area contributed by atoms with Crippen molar-refractivity contribution >= 4 is 0 Å². The van der Waals surface area contributed by atoms with Crippen LogP contribution in [0, 0.1) is 12.3 Å². The minimum atomic E-state index is -2.95. The second-order valence-electron chi connectivity index (χ2n) is 3.21. The molecule has 0 heterocycles. The summed E-state index contributed by atoms with van der Waals surface area (Å²) in [5.41, 5.74) is 0.402. The first-order chi connectivity index (χ1) is 8.08. The average molecular weight is 242 g/mol. The van der Waals surface area contributed by atoms with Crippen LogP contribution in [0.4, 0.5) is 8.78 Å². The lowest BCUT2D eigenvalue weighted by atomic mass is 10.1. The maximum atomic E-state index is 12.1. The van der Waals surface area contributed by atoms with Crippen LogP contribution in [0.15, 0.2) is 18.2 Å². The fourth-order valence-electron chi connectivity index (χ4n) is 1.32. The summed E-state index contributed by atoms with van der Waals surface area (Å²) >= 11 is 0. The van der Waals surface area contributed by atoms with Gasteiger partial charge in [-0.2, -0.15) is 8.78 Å². The molecule has 0 aliphatic rings. The van der Waals surface area contributed by atoms with E-state index in [0.29, 0.717) is 5.56 Å². The molecule has 3 nitrogen and oxygen atoms in total. The van der Waals surface area contributed by atoms with Crippen LogP contribution in [0.1, 0.15) is 18.1 Å². The van der Waals surface area contributed by atoms with Gasteiger partial charge in [0.25, 0.3) is 0 Å². The van der Waals surface area contributed by atoms with Gasteiger partial charge < -0.3 is 14.6 Å². The molecule has 1 aromatic carbocycles. The molecule has 0 spiro atoms. The predicted molar refractivity (Wildman–Crippen MR) is 58.0 cm³/mol. The molecule has 0 saturated heterocycles. The lowest BCUT2D eigenvalue weighted by Crippen LogP contribution is -2.05. The molecule has 1 atom stereocenters. The predicted octanol–water partition coefficient (Wildman–Crippen LogP) is 2.35. The van der Waals surface area contributed by atoms with E-state index in [-0.39, 0.29) is 17.9 Å². The normalized spacial score (nSPS) is 12.0. The summed E-state index contributed by atoms with van der Waals surface area (Å²) < 4.78 is 33.4. The molecule has 1 rings (SSSR count). The van der Waals surface area contributed by atoms with Gasteiger partial charge in [-0.15, -0.1) is 12.3 Å². The first-order valence-corrected chi connectivity index (χ1v) is 4.82. The van der Waals surface area contributed by atoms with Crippen molar-refractivity contribution in [3.8, 4) is 23.8 Å². The van der Waals surface area contributed by atoms with Crippen LogP contribution in [-0.4, -0.2) is 18.8 Å². The highest BCUT2D eigenvalue weighted by Gasteiger charge is 2.14. The Morgan fingerprint density at radius 1 is 1.41 bits per heavy atom. The van der Waals surface area contributed by atoms with Gasteiger partial charge in [0.1, 0.15) is 0 Å². The van der Waals surface area contributed by atoms with Gasteiger partial charge >= 0.3 is 6.61 Å². The lowest BCUT2D eigenvalue weighted by molar-refractivity contribution is -0.0513. The number of aliphatic hydroxyl groups is 1. The molecule has 0 radical (unpaired) electrons. The number of hydrogen-bond donors (Lipinski definition) is 1. The molecule has 0 bridgehead atoms. The second-order valence-corrected chi connectivity index (χ2v) is 3.21. The molecule has 1 unspecified atom stereocenters. The largest absolute Gasteiger partial charge is 0.493 e. The van der Waals surface area contributed by atoms with Gasteiger partial charge in [0.2, 0.25) is 0 Å².